The SMILES string of the molecule is CCCN1CCC(NC(C)c2ccc(Br)cc2Br)CC1. The van der Waals surface area contributed by atoms with Crippen LogP contribution in [0, 0.1) is 0 Å². The zero-order chi connectivity index (χ0) is 14.5. The molecule has 1 aliphatic rings. The Morgan fingerprint density at radius 1 is 1.30 bits per heavy atom. The molecule has 0 amide bonds. The summed E-state index contributed by atoms with van der Waals surface area (Å²) in [6, 6.07) is 7.46. The maximum atomic E-state index is 3.79. The Balaban J connectivity index is 1.87. The zero-order valence-electron chi connectivity index (χ0n) is 12.3. The van der Waals surface area contributed by atoms with E-state index in [-0.39, 0.29) is 0 Å². The number of rotatable bonds is 5. The molecule has 0 aliphatic carbocycles. The molecule has 0 radical (unpaired) electrons. The second kappa shape index (κ2) is 7.92. The van der Waals surface area contributed by atoms with Gasteiger partial charge in [-0.05, 0) is 63.5 Å². The van der Waals surface area contributed by atoms with Crippen molar-refractivity contribution in [3.63, 3.8) is 0 Å². The maximum absolute atomic E-state index is 3.79. The Labute approximate surface area is 139 Å². The van der Waals surface area contributed by atoms with Gasteiger partial charge in [0.15, 0.2) is 0 Å². The summed E-state index contributed by atoms with van der Waals surface area (Å²) in [6.45, 7) is 8.24. The lowest BCUT2D eigenvalue weighted by atomic mass is 10.0. The highest BCUT2D eigenvalue weighted by molar-refractivity contribution is 9.11. The van der Waals surface area contributed by atoms with E-state index in [4.69, 9.17) is 0 Å². The molecule has 1 unspecified atom stereocenters. The number of piperidine rings is 1. The van der Waals surface area contributed by atoms with Gasteiger partial charge < -0.3 is 10.2 Å². The normalized spacial score (nSPS) is 19.2. The summed E-state index contributed by atoms with van der Waals surface area (Å²) in [4.78, 5) is 2.58. The lowest BCUT2D eigenvalue weighted by molar-refractivity contribution is 0.192. The van der Waals surface area contributed by atoms with Crippen molar-refractivity contribution in [2.45, 2.75) is 45.2 Å². The van der Waals surface area contributed by atoms with Crippen molar-refractivity contribution in [1.82, 2.24) is 10.2 Å². The number of halogens is 2. The summed E-state index contributed by atoms with van der Waals surface area (Å²) in [5.74, 6) is 0. The van der Waals surface area contributed by atoms with Crippen LogP contribution in [0.5, 0.6) is 0 Å². The van der Waals surface area contributed by atoms with Crippen molar-refractivity contribution in [3.8, 4) is 0 Å². The molecule has 1 aromatic carbocycles. The smallest absolute Gasteiger partial charge is 0.0305 e. The molecule has 1 N–H and O–H groups in total. The molecule has 0 aromatic heterocycles. The molecule has 1 aliphatic heterocycles. The molecule has 1 atom stereocenters. The van der Waals surface area contributed by atoms with Gasteiger partial charge in [0.05, 0.1) is 0 Å². The number of likely N-dealkylation sites (tertiary alicyclic amines) is 1. The van der Waals surface area contributed by atoms with Gasteiger partial charge in [-0.15, -0.1) is 0 Å². The van der Waals surface area contributed by atoms with Crippen LogP contribution in [0.15, 0.2) is 27.1 Å². The first-order chi connectivity index (χ1) is 9.60. The highest BCUT2D eigenvalue weighted by Crippen LogP contribution is 2.27. The Bertz CT molecular complexity index is 428. The van der Waals surface area contributed by atoms with Crippen LogP contribution in [-0.4, -0.2) is 30.6 Å². The van der Waals surface area contributed by atoms with Crippen LogP contribution in [-0.2, 0) is 0 Å². The zero-order valence-corrected chi connectivity index (χ0v) is 15.5. The van der Waals surface area contributed by atoms with Gasteiger partial charge in [-0.25, -0.2) is 0 Å². The molecular formula is C16H24Br2N2. The fourth-order valence-electron chi connectivity index (χ4n) is 2.94. The lowest BCUT2D eigenvalue weighted by Crippen LogP contribution is -2.43. The van der Waals surface area contributed by atoms with Crippen molar-refractivity contribution in [3.05, 3.63) is 32.7 Å². The van der Waals surface area contributed by atoms with Crippen molar-refractivity contribution >= 4 is 31.9 Å². The minimum Gasteiger partial charge on any atom is -0.307 e. The second-order valence-electron chi connectivity index (χ2n) is 5.67. The van der Waals surface area contributed by atoms with Crippen molar-refractivity contribution < 1.29 is 0 Å². The third-order valence-corrected chi connectivity index (χ3v) is 5.22. The van der Waals surface area contributed by atoms with E-state index in [0.717, 1.165) is 4.47 Å². The summed E-state index contributed by atoms with van der Waals surface area (Å²) in [5.41, 5.74) is 1.34. The van der Waals surface area contributed by atoms with Crippen LogP contribution in [0.1, 0.15) is 44.7 Å². The van der Waals surface area contributed by atoms with Gasteiger partial charge in [0, 0.05) is 21.0 Å². The number of hydrogen-bond acceptors (Lipinski definition) is 2. The molecule has 2 nitrogen and oxygen atoms in total. The maximum Gasteiger partial charge on any atom is 0.0305 e. The quantitative estimate of drug-likeness (QED) is 0.763. The summed E-state index contributed by atoms with van der Waals surface area (Å²) in [6.07, 6.45) is 3.79. The number of benzene rings is 1. The second-order valence-corrected chi connectivity index (χ2v) is 7.44. The topological polar surface area (TPSA) is 15.3 Å². The van der Waals surface area contributed by atoms with E-state index in [1.54, 1.807) is 0 Å². The van der Waals surface area contributed by atoms with Crippen LogP contribution >= 0.6 is 31.9 Å². The first-order valence-corrected chi connectivity index (χ1v) is 9.12. The van der Waals surface area contributed by atoms with E-state index in [1.807, 2.05) is 0 Å². The number of nitrogens with one attached hydrogen (secondary N) is 1. The van der Waals surface area contributed by atoms with Crippen molar-refractivity contribution in [2.75, 3.05) is 19.6 Å². The largest absolute Gasteiger partial charge is 0.307 e. The third kappa shape index (κ3) is 4.55. The molecule has 1 aromatic rings. The highest BCUT2D eigenvalue weighted by Gasteiger charge is 2.20. The molecule has 2 rings (SSSR count). The molecule has 0 bridgehead atoms. The molecule has 0 saturated carbocycles. The lowest BCUT2D eigenvalue weighted by Gasteiger charge is -2.34. The molecule has 4 heteroatoms. The standard InChI is InChI=1S/C16H24Br2N2/c1-3-8-20-9-6-14(7-10-20)19-12(2)15-5-4-13(17)11-16(15)18/h4-5,11-12,14,19H,3,6-10H2,1-2H3. The van der Waals surface area contributed by atoms with Crippen molar-refractivity contribution in [2.24, 2.45) is 0 Å². The summed E-state index contributed by atoms with van der Waals surface area (Å²) in [5, 5.41) is 3.79. The molecule has 20 heavy (non-hydrogen) atoms. The molecule has 0 spiro atoms. The Kier molecular flexibility index (Phi) is 6.53. The summed E-state index contributed by atoms with van der Waals surface area (Å²) >= 11 is 7.17. The minimum absolute atomic E-state index is 0.389. The third-order valence-electron chi connectivity index (χ3n) is 4.04. The minimum atomic E-state index is 0.389. The van der Waals surface area contributed by atoms with Gasteiger partial charge in [-0.1, -0.05) is 44.8 Å². The Morgan fingerprint density at radius 3 is 2.60 bits per heavy atom. The number of hydrogen-bond donors (Lipinski definition) is 1. The molecule has 1 saturated heterocycles. The van der Waals surface area contributed by atoms with Crippen LogP contribution in [0.25, 0.3) is 0 Å². The van der Waals surface area contributed by atoms with Gasteiger partial charge in [0.1, 0.15) is 0 Å². The Morgan fingerprint density at radius 2 is 2.00 bits per heavy atom. The fraction of sp³-hybridized carbons (Fsp3) is 0.625. The first kappa shape index (κ1) is 16.5. The van der Waals surface area contributed by atoms with Crippen LogP contribution in [0.3, 0.4) is 0 Å². The number of nitrogens with zero attached hydrogens (tertiary/aromatic N) is 1. The predicted molar refractivity (Wildman–Crippen MR) is 93.1 cm³/mol. The van der Waals surface area contributed by atoms with E-state index >= 15 is 0 Å². The van der Waals surface area contributed by atoms with Gasteiger partial charge >= 0.3 is 0 Å². The van der Waals surface area contributed by atoms with Gasteiger partial charge in [0.25, 0.3) is 0 Å². The average Bonchev–Trinajstić information content (AvgIpc) is 2.41. The summed E-state index contributed by atoms with van der Waals surface area (Å²) < 4.78 is 2.29. The van der Waals surface area contributed by atoms with E-state index < -0.39 is 0 Å². The van der Waals surface area contributed by atoms with Crippen LogP contribution in [0.4, 0.5) is 0 Å². The van der Waals surface area contributed by atoms with Gasteiger partial charge in [-0.3, -0.25) is 0 Å². The van der Waals surface area contributed by atoms with Gasteiger partial charge in [0.2, 0.25) is 0 Å². The van der Waals surface area contributed by atoms with E-state index in [1.165, 1.54) is 48.9 Å². The van der Waals surface area contributed by atoms with Crippen LogP contribution in [0.2, 0.25) is 0 Å². The molecule has 1 heterocycles. The molecule has 112 valence electrons. The van der Waals surface area contributed by atoms with E-state index in [0.29, 0.717) is 12.1 Å². The predicted octanol–water partition coefficient (Wildman–Crippen LogP) is 4.74. The van der Waals surface area contributed by atoms with Crippen molar-refractivity contribution in [1.29, 1.82) is 0 Å². The first-order valence-electron chi connectivity index (χ1n) is 7.53. The average molecular weight is 404 g/mol. The van der Waals surface area contributed by atoms with Gasteiger partial charge in [-0.2, -0.15) is 0 Å². The highest BCUT2D eigenvalue weighted by atomic mass is 79.9. The molecular weight excluding hydrogens is 380 g/mol. The van der Waals surface area contributed by atoms with E-state index in [9.17, 15) is 0 Å². The fourth-order valence-corrected chi connectivity index (χ4v) is 4.33. The van der Waals surface area contributed by atoms with E-state index in [2.05, 4.69) is 74.1 Å². The Hall–Kier alpha value is 0.1000. The summed E-state index contributed by atoms with van der Waals surface area (Å²) in [7, 11) is 0. The monoisotopic (exact) mass is 402 g/mol. The van der Waals surface area contributed by atoms with Crippen LogP contribution < -0.4 is 5.32 Å². The molecule has 1 fully saturated rings.